The van der Waals surface area contributed by atoms with Crippen molar-refractivity contribution in [1.29, 1.82) is 0 Å². The number of hydrogen-bond donors (Lipinski definition) is 1. The van der Waals surface area contributed by atoms with E-state index < -0.39 is 0 Å². The van der Waals surface area contributed by atoms with Crippen molar-refractivity contribution in [2.24, 2.45) is 0 Å². The van der Waals surface area contributed by atoms with Crippen LogP contribution in [0.15, 0.2) is 27.3 Å². The molecule has 1 fully saturated rings. The van der Waals surface area contributed by atoms with Gasteiger partial charge in [0.1, 0.15) is 0 Å². The zero-order valence-electron chi connectivity index (χ0n) is 11.5. The minimum Gasteiger partial charge on any atom is -0.459 e. The van der Waals surface area contributed by atoms with Gasteiger partial charge in [-0.15, -0.1) is 0 Å². The zero-order chi connectivity index (χ0) is 13.9. The average molecular weight is 277 g/mol. The smallest absolute Gasteiger partial charge is 0.293 e. The lowest BCUT2D eigenvalue weighted by Crippen LogP contribution is -2.43. The van der Waals surface area contributed by atoms with Crippen LogP contribution in [0.3, 0.4) is 0 Å². The Morgan fingerprint density at radius 2 is 2.25 bits per heavy atom. The molecule has 0 aromatic carbocycles. The summed E-state index contributed by atoms with van der Waals surface area (Å²) < 4.78 is 10.4. The third-order valence-electron chi connectivity index (χ3n) is 3.85. The van der Waals surface area contributed by atoms with Crippen LogP contribution >= 0.6 is 0 Å². The van der Waals surface area contributed by atoms with Crippen LogP contribution < -0.4 is 0 Å². The molecule has 20 heavy (non-hydrogen) atoms. The molecule has 1 aliphatic rings. The van der Waals surface area contributed by atoms with Gasteiger partial charge in [0.25, 0.3) is 5.89 Å². The molecule has 6 nitrogen and oxygen atoms in total. The summed E-state index contributed by atoms with van der Waals surface area (Å²) in [4.78, 5) is 6.42. The molecule has 0 aliphatic heterocycles. The van der Waals surface area contributed by atoms with Gasteiger partial charge in [-0.1, -0.05) is 18.0 Å². The van der Waals surface area contributed by atoms with Gasteiger partial charge in [-0.2, -0.15) is 4.98 Å². The quantitative estimate of drug-likeness (QED) is 0.922. The molecule has 1 aliphatic carbocycles. The Kier molecular flexibility index (Phi) is 3.84. The van der Waals surface area contributed by atoms with Crippen LogP contribution in [0.4, 0.5) is 0 Å². The van der Waals surface area contributed by atoms with Crippen molar-refractivity contribution >= 4 is 0 Å². The summed E-state index contributed by atoms with van der Waals surface area (Å²) in [6, 6.07) is 3.74. The van der Waals surface area contributed by atoms with E-state index in [-0.39, 0.29) is 12.1 Å². The van der Waals surface area contributed by atoms with E-state index in [9.17, 15) is 5.11 Å². The molecule has 0 saturated heterocycles. The van der Waals surface area contributed by atoms with Gasteiger partial charge in [0, 0.05) is 6.04 Å². The number of nitrogens with zero attached hydrogens (tertiary/aromatic N) is 3. The first-order chi connectivity index (χ1) is 9.74. The van der Waals surface area contributed by atoms with Gasteiger partial charge < -0.3 is 14.0 Å². The predicted molar refractivity (Wildman–Crippen MR) is 71.7 cm³/mol. The minimum absolute atomic E-state index is 0.175. The van der Waals surface area contributed by atoms with Crippen LogP contribution in [0, 0.1) is 0 Å². The van der Waals surface area contributed by atoms with E-state index in [0.717, 1.165) is 25.7 Å². The van der Waals surface area contributed by atoms with Gasteiger partial charge in [0.05, 0.1) is 18.9 Å². The molecular weight excluding hydrogens is 258 g/mol. The lowest BCUT2D eigenvalue weighted by molar-refractivity contribution is 0.0275. The number of furan rings is 1. The first-order valence-electron chi connectivity index (χ1n) is 6.99. The van der Waals surface area contributed by atoms with E-state index in [1.165, 1.54) is 0 Å². The molecule has 0 amide bonds. The Hall–Kier alpha value is -1.66. The van der Waals surface area contributed by atoms with E-state index in [0.29, 0.717) is 24.0 Å². The summed E-state index contributed by atoms with van der Waals surface area (Å²) in [5.41, 5.74) is 0. The summed E-state index contributed by atoms with van der Waals surface area (Å²) in [5, 5.41) is 14.0. The molecule has 1 saturated carbocycles. The second-order valence-electron chi connectivity index (χ2n) is 5.33. The average Bonchev–Trinajstić information content (AvgIpc) is 3.09. The Bertz CT molecular complexity index is 538. The summed E-state index contributed by atoms with van der Waals surface area (Å²) in [6.07, 6.45) is 5.47. The Balaban J connectivity index is 1.65. The molecule has 2 heterocycles. The van der Waals surface area contributed by atoms with E-state index >= 15 is 0 Å². The molecule has 6 heteroatoms. The maximum absolute atomic E-state index is 10.1. The molecule has 1 N–H and O–H groups in total. The Morgan fingerprint density at radius 3 is 3.00 bits per heavy atom. The summed E-state index contributed by atoms with van der Waals surface area (Å²) in [6.45, 7) is 0.561. The topological polar surface area (TPSA) is 75.5 Å². The minimum atomic E-state index is -0.259. The van der Waals surface area contributed by atoms with Crippen molar-refractivity contribution in [3.8, 4) is 11.7 Å². The second-order valence-corrected chi connectivity index (χ2v) is 5.33. The monoisotopic (exact) mass is 277 g/mol. The molecular formula is C14H19N3O3. The zero-order valence-corrected chi connectivity index (χ0v) is 11.5. The first kappa shape index (κ1) is 13.3. The van der Waals surface area contributed by atoms with Gasteiger partial charge in [-0.05, 0) is 32.0 Å². The molecule has 0 radical (unpaired) electrons. The van der Waals surface area contributed by atoms with Gasteiger partial charge in [0.15, 0.2) is 11.6 Å². The normalized spacial score (nSPS) is 23.4. The van der Waals surface area contributed by atoms with Gasteiger partial charge in [0.2, 0.25) is 0 Å². The highest BCUT2D eigenvalue weighted by Crippen LogP contribution is 2.24. The van der Waals surface area contributed by atoms with Crippen LogP contribution in [0.25, 0.3) is 11.7 Å². The molecule has 2 aromatic rings. The molecule has 0 bridgehead atoms. The van der Waals surface area contributed by atoms with Crippen LogP contribution in [-0.2, 0) is 6.54 Å². The molecule has 2 unspecified atom stereocenters. The van der Waals surface area contributed by atoms with Crippen LogP contribution in [-0.4, -0.2) is 39.3 Å². The lowest BCUT2D eigenvalue weighted by atomic mass is 9.91. The number of rotatable bonds is 4. The summed E-state index contributed by atoms with van der Waals surface area (Å²) in [7, 11) is 1.99. The van der Waals surface area contributed by atoms with E-state index in [4.69, 9.17) is 8.94 Å². The Labute approximate surface area is 117 Å². The van der Waals surface area contributed by atoms with Crippen molar-refractivity contribution in [3.63, 3.8) is 0 Å². The number of likely N-dealkylation sites (N-methyl/N-ethyl adjacent to an activating group) is 1. The fourth-order valence-electron chi connectivity index (χ4n) is 2.76. The van der Waals surface area contributed by atoms with Gasteiger partial charge in [-0.3, -0.25) is 4.90 Å². The van der Waals surface area contributed by atoms with Crippen molar-refractivity contribution in [2.45, 2.75) is 44.4 Å². The third-order valence-corrected chi connectivity index (χ3v) is 3.85. The maximum Gasteiger partial charge on any atom is 0.293 e. The number of aromatic nitrogens is 2. The highest BCUT2D eigenvalue weighted by Gasteiger charge is 2.27. The third kappa shape index (κ3) is 2.76. The van der Waals surface area contributed by atoms with Crippen LogP contribution in [0.1, 0.15) is 31.5 Å². The second kappa shape index (κ2) is 5.76. The number of aliphatic hydroxyl groups excluding tert-OH is 1. The highest BCUT2D eigenvalue weighted by atomic mass is 16.5. The maximum atomic E-state index is 10.1. The van der Waals surface area contributed by atoms with Crippen LogP contribution in [0.2, 0.25) is 0 Å². The molecule has 108 valence electrons. The van der Waals surface area contributed by atoms with Crippen molar-refractivity contribution < 1.29 is 14.0 Å². The van der Waals surface area contributed by atoms with Crippen molar-refractivity contribution in [1.82, 2.24) is 15.0 Å². The van der Waals surface area contributed by atoms with E-state index in [2.05, 4.69) is 15.0 Å². The lowest BCUT2D eigenvalue weighted by Gasteiger charge is -2.34. The van der Waals surface area contributed by atoms with E-state index in [1.807, 2.05) is 7.05 Å². The summed E-state index contributed by atoms with van der Waals surface area (Å²) in [5.74, 6) is 1.57. The molecule has 0 spiro atoms. The van der Waals surface area contributed by atoms with Gasteiger partial charge in [-0.25, -0.2) is 0 Å². The molecule has 3 rings (SSSR count). The predicted octanol–water partition coefficient (Wildman–Crippen LogP) is 2.06. The fraction of sp³-hybridized carbons (Fsp3) is 0.571. The fourth-order valence-corrected chi connectivity index (χ4v) is 2.76. The van der Waals surface area contributed by atoms with Crippen molar-refractivity contribution in [2.75, 3.05) is 7.05 Å². The Morgan fingerprint density at radius 1 is 1.40 bits per heavy atom. The van der Waals surface area contributed by atoms with Crippen molar-refractivity contribution in [3.05, 3.63) is 24.2 Å². The molecule has 2 aromatic heterocycles. The first-order valence-corrected chi connectivity index (χ1v) is 6.99. The standard InChI is InChI=1S/C14H19N3O3/c1-17(10-5-2-3-6-11(10)18)9-13-15-14(20-16-13)12-7-4-8-19-12/h4,7-8,10-11,18H,2-3,5-6,9H2,1H3. The molecule has 2 atom stereocenters. The SMILES string of the molecule is CN(Cc1noc(-c2ccco2)n1)C1CCCCC1O. The van der Waals surface area contributed by atoms with Crippen LogP contribution in [0.5, 0.6) is 0 Å². The van der Waals surface area contributed by atoms with E-state index in [1.54, 1.807) is 18.4 Å². The van der Waals surface area contributed by atoms with Gasteiger partial charge >= 0.3 is 0 Å². The largest absolute Gasteiger partial charge is 0.459 e. The number of aliphatic hydroxyl groups is 1. The number of hydrogen-bond acceptors (Lipinski definition) is 6. The summed E-state index contributed by atoms with van der Waals surface area (Å²) >= 11 is 0. The highest BCUT2D eigenvalue weighted by molar-refractivity contribution is 5.42.